The fourth-order valence-electron chi connectivity index (χ4n) is 4.10. The quantitative estimate of drug-likeness (QED) is 0.350. The lowest BCUT2D eigenvalue weighted by molar-refractivity contribution is 0.460. The van der Waals surface area contributed by atoms with E-state index < -0.39 is 0 Å². The van der Waals surface area contributed by atoms with Crippen LogP contribution in [0.2, 0.25) is 0 Å². The Bertz CT molecular complexity index is 724. The van der Waals surface area contributed by atoms with Crippen molar-refractivity contribution in [3.8, 4) is 22.6 Å². The average molecular weight is 411 g/mol. The van der Waals surface area contributed by atoms with Crippen LogP contribution in [0.5, 0.6) is 11.5 Å². The molecule has 0 aliphatic carbocycles. The van der Waals surface area contributed by atoms with Crippen molar-refractivity contribution in [1.29, 1.82) is 0 Å². The normalized spacial score (nSPS) is 11.2. The van der Waals surface area contributed by atoms with Gasteiger partial charge in [-0.25, -0.2) is 0 Å². The monoisotopic (exact) mass is 410 g/mol. The maximum atomic E-state index is 11.2. The van der Waals surface area contributed by atoms with Gasteiger partial charge in [0.1, 0.15) is 11.5 Å². The molecular weight excluding hydrogens is 368 g/mol. The summed E-state index contributed by atoms with van der Waals surface area (Å²) in [5.74, 6) is 0.709. The Morgan fingerprint density at radius 3 is 1.17 bits per heavy atom. The first-order chi connectivity index (χ1) is 14.5. The number of hydrogen-bond donors (Lipinski definition) is 2. The van der Waals surface area contributed by atoms with Gasteiger partial charge < -0.3 is 10.2 Å². The fourth-order valence-corrected chi connectivity index (χ4v) is 4.10. The highest BCUT2D eigenvalue weighted by Gasteiger charge is 2.18. The van der Waals surface area contributed by atoms with Crippen LogP contribution in [-0.2, 0) is 25.7 Å². The highest BCUT2D eigenvalue weighted by Crippen LogP contribution is 2.42. The van der Waals surface area contributed by atoms with Crippen LogP contribution in [0.4, 0.5) is 0 Å². The molecule has 0 saturated heterocycles. The number of phenolic OH excluding ortho intramolecular Hbond substituents is 2. The lowest BCUT2D eigenvalue weighted by atomic mass is 9.90. The molecular formula is C28H42O2. The van der Waals surface area contributed by atoms with E-state index in [0.717, 1.165) is 99.3 Å². The van der Waals surface area contributed by atoms with Crippen LogP contribution in [0.15, 0.2) is 24.3 Å². The summed E-state index contributed by atoms with van der Waals surface area (Å²) in [7, 11) is 0. The van der Waals surface area contributed by atoms with E-state index in [1.165, 1.54) is 11.1 Å². The van der Waals surface area contributed by atoms with Crippen LogP contribution >= 0.6 is 0 Å². The molecule has 0 heterocycles. The second-order valence-corrected chi connectivity index (χ2v) is 8.72. The van der Waals surface area contributed by atoms with Crippen molar-refractivity contribution in [3.05, 3.63) is 46.5 Å². The van der Waals surface area contributed by atoms with Gasteiger partial charge in [-0.2, -0.15) is 0 Å². The van der Waals surface area contributed by atoms with Crippen molar-refractivity contribution in [2.75, 3.05) is 0 Å². The highest BCUT2D eigenvalue weighted by atomic mass is 16.3. The zero-order valence-corrected chi connectivity index (χ0v) is 19.7. The maximum absolute atomic E-state index is 11.2. The molecule has 0 aromatic heterocycles. The van der Waals surface area contributed by atoms with Crippen molar-refractivity contribution in [2.45, 2.75) is 105 Å². The van der Waals surface area contributed by atoms with Crippen LogP contribution in [0.1, 0.15) is 101 Å². The first-order valence-corrected chi connectivity index (χ1v) is 12.2. The summed E-state index contributed by atoms with van der Waals surface area (Å²) in [6.07, 6.45) is 12.7. The van der Waals surface area contributed by atoms with Crippen molar-refractivity contribution >= 4 is 0 Å². The Balaban J connectivity index is 2.60. The summed E-state index contributed by atoms with van der Waals surface area (Å²) in [5, 5.41) is 22.3. The molecule has 0 spiro atoms. The third-order valence-corrected chi connectivity index (χ3v) is 6.02. The summed E-state index contributed by atoms with van der Waals surface area (Å²) in [6.45, 7) is 8.79. The molecule has 2 rings (SSSR count). The van der Waals surface area contributed by atoms with Gasteiger partial charge in [0.2, 0.25) is 0 Å². The van der Waals surface area contributed by atoms with Crippen LogP contribution < -0.4 is 0 Å². The first-order valence-electron chi connectivity index (χ1n) is 12.2. The van der Waals surface area contributed by atoms with Crippen LogP contribution in [0.3, 0.4) is 0 Å². The topological polar surface area (TPSA) is 40.5 Å². The second-order valence-electron chi connectivity index (χ2n) is 8.72. The Labute approximate surface area is 184 Å². The zero-order chi connectivity index (χ0) is 21.9. The lowest BCUT2D eigenvalue weighted by Crippen LogP contribution is -1.98. The van der Waals surface area contributed by atoms with E-state index in [-0.39, 0.29) is 0 Å². The second kappa shape index (κ2) is 12.7. The molecule has 2 aromatic rings. The van der Waals surface area contributed by atoms with Gasteiger partial charge in [-0.1, -0.05) is 65.5 Å². The number of phenols is 2. The Kier molecular flexibility index (Phi) is 10.3. The van der Waals surface area contributed by atoms with Crippen LogP contribution in [0.25, 0.3) is 11.1 Å². The third kappa shape index (κ3) is 6.52. The molecule has 0 atom stereocenters. The molecule has 0 aliphatic heterocycles. The highest BCUT2D eigenvalue weighted by molar-refractivity contribution is 5.79. The van der Waals surface area contributed by atoms with E-state index >= 15 is 0 Å². The van der Waals surface area contributed by atoms with E-state index in [0.29, 0.717) is 11.5 Å². The Morgan fingerprint density at radius 1 is 0.500 bits per heavy atom. The first kappa shape index (κ1) is 24.3. The molecule has 2 heteroatoms. The number of rotatable bonds is 13. The van der Waals surface area contributed by atoms with Gasteiger partial charge in [0.25, 0.3) is 0 Å². The largest absolute Gasteiger partial charge is 0.507 e. The SMILES string of the molecule is CCCCc1cc(CCCC)c(O)c(-c2cc(CCCC)cc(CCCC)c2O)c1. The number of hydrogen-bond acceptors (Lipinski definition) is 2. The van der Waals surface area contributed by atoms with Crippen molar-refractivity contribution in [3.63, 3.8) is 0 Å². The predicted octanol–water partition coefficient (Wildman–Crippen LogP) is 8.14. The van der Waals surface area contributed by atoms with Crippen molar-refractivity contribution in [1.82, 2.24) is 0 Å². The van der Waals surface area contributed by atoms with Gasteiger partial charge in [0.15, 0.2) is 0 Å². The molecule has 2 nitrogen and oxygen atoms in total. The molecule has 0 saturated carbocycles. The molecule has 0 fully saturated rings. The van der Waals surface area contributed by atoms with Gasteiger partial charge >= 0.3 is 0 Å². The van der Waals surface area contributed by atoms with E-state index in [2.05, 4.69) is 52.0 Å². The Morgan fingerprint density at radius 2 is 0.833 bits per heavy atom. The van der Waals surface area contributed by atoms with E-state index in [1.807, 2.05) is 0 Å². The lowest BCUT2D eigenvalue weighted by Gasteiger charge is -2.18. The minimum Gasteiger partial charge on any atom is -0.507 e. The fraction of sp³-hybridized carbons (Fsp3) is 0.571. The minimum atomic E-state index is 0.355. The molecule has 0 radical (unpaired) electrons. The predicted molar refractivity (Wildman–Crippen MR) is 130 cm³/mol. The summed E-state index contributed by atoms with van der Waals surface area (Å²) in [6, 6.07) is 8.59. The van der Waals surface area contributed by atoms with Gasteiger partial charge in [-0.3, -0.25) is 0 Å². The number of aryl methyl sites for hydroxylation is 4. The third-order valence-electron chi connectivity index (χ3n) is 6.02. The summed E-state index contributed by atoms with van der Waals surface area (Å²) in [5.41, 5.74) is 6.20. The van der Waals surface area contributed by atoms with E-state index in [4.69, 9.17) is 0 Å². The molecule has 0 unspecified atom stereocenters. The molecule has 2 aromatic carbocycles. The number of aromatic hydroxyl groups is 2. The summed E-state index contributed by atoms with van der Waals surface area (Å²) in [4.78, 5) is 0. The summed E-state index contributed by atoms with van der Waals surface area (Å²) < 4.78 is 0. The average Bonchev–Trinajstić information content (AvgIpc) is 2.75. The van der Waals surface area contributed by atoms with Gasteiger partial charge in [0.05, 0.1) is 0 Å². The van der Waals surface area contributed by atoms with E-state index in [9.17, 15) is 10.2 Å². The number of unbranched alkanes of at least 4 members (excludes halogenated alkanes) is 4. The van der Waals surface area contributed by atoms with Crippen LogP contribution in [-0.4, -0.2) is 10.2 Å². The molecule has 0 aliphatic rings. The van der Waals surface area contributed by atoms with Gasteiger partial charge in [-0.05, 0) is 85.8 Å². The van der Waals surface area contributed by atoms with Gasteiger partial charge in [0, 0.05) is 11.1 Å². The van der Waals surface area contributed by atoms with Crippen molar-refractivity contribution in [2.24, 2.45) is 0 Å². The molecule has 166 valence electrons. The molecule has 0 amide bonds. The van der Waals surface area contributed by atoms with Crippen molar-refractivity contribution < 1.29 is 10.2 Å². The standard InChI is InChI=1S/C28H42O2/c1-5-9-13-21-17-23(15-11-7-3)27(29)25(19-21)26-20-22(14-10-6-2)18-24(28(26)30)16-12-8-4/h17-20,29-30H,5-16H2,1-4H3. The summed E-state index contributed by atoms with van der Waals surface area (Å²) >= 11 is 0. The smallest absolute Gasteiger partial charge is 0.126 e. The zero-order valence-electron chi connectivity index (χ0n) is 19.7. The maximum Gasteiger partial charge on any atom is 0.126 e. The minimum absolute atomic E-state index is 0.355. The van der Waals surface area contributed by atoms with Crippen LogP contribution in [0, 0.1) is 0 Å². The molecule has 0 bridgehead atoms. The number of benzene rings is 2. The Hall–Kier alpha value is -1.96. The van der Waals surface area contributed by atoms with Gasteiger partial charge in [-0.15, -0.1) is 0 Å². The molecule has 2 N–H and O–H groups in total. The van der Waals surface area contributed by atoms with E-state index in [1.54, 1.807) is 0 Å². The molecule has 30 heavy (non-hydrogen) atoms.